The van der Waals surface area contributed by atoms with E-state index in [1.807, 2.05) is 11.6 Å². The molecule has 11 nitrogen and oxygen atoms in total. The first-order valence-electron chi connectivity index (χ1n) is 11.0. The normalized spacial score (nSPS) is 18.6. The van der Waals surface area contributed by atoms with Crippen molar-refractivity contribution in [3.8, 4) is 0 Å². The summed E-state index contributed by atoms with van der Waals surface area (Å²) >= 11 is 0. The molecule has 0 saturated carbocycles. The third-order valence-electron chi connectivity index (χ3n) is 6.69. The molecule has 2 saturated heterocycles. The van der Waals surface area contributed by atoms with Crippen LogP contribution in [0.15, 0.2) is 23.1 Å². The Hall–Kier alpha value is -2.99. The maximum atomic E-state index is 13.1. The quantitative estimate of drug-likeness (QED) is 0.614. The van der Waals surface area contributed by atoms with Crippen LogP contribution in [-0.2, 0) is 17.1 Å². The van der Waals surface area contributed by atoms with E-state index < -0.39 is 15.3 Å². The van der Waals surface area contributed by atoms with Gasteiger partial charge in [0.05, 0.1) is 0 Å². The van der Waals surface area contributed by atoms with Gasteiger partial charge in [0.2, 0.25) is 10.0 Å². The zero-order chi connectivity index (χ0) is 23.3. The van der Waals surface area contributed by atoms with Crippen molar-refractivity contribution in [1.29, 1.82) is 0 Å². The van der Waals surface area contributed by atoms with Crippen LogP contribution in [0, 0.1) is 13.8 Å². The molecule has 0 aromatic carbocycles. The van der Waals surface area contributed by atoms with Crippen molar-refractivity contribution in [3.63, 3.8) is 0 Å². The number of carbonyl (C=O) groups excluding carboxylic acids is 1. The van der Waals surface area contributed by atoms with Gasteiger partial charge in [-0.1, -0.05) is 5.16 Å². The molecule has 0 radical (unpaired) electrons. The molecule has 3 aromatic rings. The van der Waals surface area contributed by atoms with Crippen LogP contribution in [0.4, 0.5) is 10.5 Å². The summed E-state index contributed by atoms with van der Waals surface area (Å²) in [6, 6.07) is -0.341. The molecule has 2 aliphatic rings. The number of likely N-dealkylation sites (tertiary alicyclic amines) is 1. The van der Waals surface area contributed by atoms with Crippen molar-refractivity contribution in [2.75, 3.05) is 31.5 Å². The maximum absolute atomic E-state index is 13.1. The third-order valence-corrected chi connectivity index (χ3v) is 8.92. The fourth-order valence-electron chi connectivity index (χ4n) is 4.69. The van der Waals surface area contributed by atoms with E-state index in [-0.39, 0.29) is 25.0 Å². The van der Waals surface area contributed by atoms with Crippen LogP contribution in [0.1, 0.15) is 35.8 Å². The summed E-state index contributed by atoms with van der Waals surface area (Å²) in [5, 5.41) is 6.00. The molecule has 0 spiro atoms. The van der Waals surface area contributed by atoms with Crippen LogP contribution in [0.3, 0.4) is 0 Å². The molecule has 2 fully saturated rings. The minimum absolute atomic E-state index is 0.177. The summed E-state index contributed by atoms with van der Waals surface area (Å²) < 4.78 is 34.9. The Labute approximate surface area is 191 Å². The fraction of sp³-hybridized carbons (Fsp3) is 0.524. The lowest BCUT2D eigenvalue weighted by atomic mass is 9.91. The average molecular weight is 474 g/mol. The second-order valence-electron chi connectivity index (χ2n) is 8.80. The van der Waals surface area contributed by atoms with Gasteiger partial charge in [-0.2, -0.15) is 0 Å². The summed E-state index contributed by atoms with van der Waals surface area (Å²) in [7, 11) is -1.52. The van der Waals surface area contributed by atoms with Gasteiger partial charge in [0, 0.05) is 57.4 Å². The predicted molar refractivity (Wildman–Crippen MR) is 121 cm³/mol. The minimum atomic E-state index is -3.47. The zero-order valence-electron chi connectivity index (χ0n) is 18.9. The highest BCUT2D eigenvalue weighted by atomic mass is 32.2. The summed E-state index contributed by atoms with van der Waals surface area (Å²) in [5.41, 5.74) is 3.98. The Bertz CT molecular complexity index is 1280. The number of aromatic nitrogens is 4. The Kier molecular flexibility index (Phi) is 5.36. The number of nitrogens with zero attached hydrogens (tertiary/aromatic N) is 6. The van der Waals surface area contributed by atoms with Gasteiger partial charge in [-0.25, -0.2) is 22.5 Å². The highest BCUT2D eigenvalue weighted by Gasteiger charge is 2.44. The summed E-state index contributed by atoms with van der Waals surface area (Å²) in [6.45, 7) is 4.74. The van der Waals surface area contributed by atoms with E-state index in [2.05, 4.69) is 26.6 Å². The molecule has 1 N–H and O–H groups in total. The highest BCUT2D eigenvalue weighted by molar-refractivity contribution is 7.89. The molecule has 12 heteroatoms. The van der Waals surface area contributed by atoms with E-state index in [0.29, 0.717) is 30.2 Å². The monoisotopic (exact) mass is 473 g/mol. The van der Waals surface area contributed by atoms with Crippen LogP contribution < -0.4 is 5.32 Å². The lowest BCUT2D eigenvalue weighted by molar-refractivity contribution is 0.179. The smallest absolute Gasteiger partial charge is 0.322 e. The molecule has 3 aromatic heterocycles. The van der Waals surface area contributed by atoms with Gasteiger partial charge in [-0.15, -0.1) is 0 Å². The van der Waals surface area contributed by atoms with E-state index >= 15 is 0 Å². The van der Waals surface area contributed by atoms with Crippen LogP contribution in [0.25, 0.3) is 11.2 Å². The first-order chi connectivity index (χ1) is 15.8. The number of piperidine rings is 1. The van der Waals surface area contributed by atoms with Gasteiger partial charge in [-0.05, 0) is 32.6 Å². The van der Waals surface area contributed by atoms with E-state index in [4.69, 9.17) is 4.52 Å². The summed E-state index contributed by atoms with van der Waals surface area (Å²) in [5.74, 6) is 0.765. The molecule has 176 valence electrons. The van der Waals surface area contributed by atoms with Gasteiger partial charge in [0.15, 0.2) is 11.4 Å². The minimum Gasteiger partial charge on any atom is -0.359 e. The standard InChI is InChI=1S/C21H27N7O4S/c1-13-18(14(2)32-25-13)24-21(29)27-10-16(11-27)33(30,31)28-8-4-15(5-9-28)17-12-26(3)20-19(17)22-6-7-23-20/h6-7,12,15-16H,4-5,8-11H2,1-3H3,(H,24,29). The van der Waals surface area contributed by atoms with Crippen molar-refractivity contribution in [1.82, 2.24) is 28.9 Å². The van der Waals surface area contributed by atoms with Gasteiger partial charge >= 0.3 is 6.03 Å². The molecule has 5 heterocycles. The van der Waals surface area contributed by atoms with Crippen molar-refractivity contribution in [2.45, 2.75) is 37.9 Å². The molecule has 0 bridgehead atoms. The Morgan fingerprint density at radius 1 is 1.15 bits per heavy atom. The lowest BCUT2D eigenvalue weighted by Gasteiger charge is -2.42. The number of carbonyl (C=O) groups is 1. The predicted octanol–water partition coefficient (Wildman–Crippen LogP) is 2.00. The average Bonchev–Trinajstić information content (AvgIpc) is 3.27. The lowest BCUT2D eigenvalue weighted by Crippen LogP contribution is -2.61. The molecule has 2 amide bonds. The molecule has 0 unspecified atom stereocenters. The molecular formula is C21H27N7O4S. The molecule has 0 aliphatic carbocycles. The second kappa shape index (κ2) is 8.10. The van der Waals surface area contributed by atoms with Crippen LogP contribution in [-0.4, -0.2) is 74.8 Å². The maximum Gasteiger partial charge on any atom is 0.322 e. The van der Waals surface area contributed by atoms with Crippen molar-refractivity contribution in [3.05, 3.63) is 35.6 Å². The summed E-state index contributed by atoms with van der Waals surface area (Å²) in [6.07, 6.45) is 6.89. The number of fused-ring (bicyclic) bond motifs is 1. The topological polar surface area (TPSA) is 126 Å². The first-order valence-corrected chi connectivity index (χ1v) is 12.5. The number of sulfonamides is 1. The van der Waals surface area contributed by atoms with E-state index in [1.54, 1.807) is 30.5 Å². The third kappa shape index (κ3) is 3.76. The van der Waals surface area contributed by atoms with Crippen molar-refractivity contribution >= 4 is 32.9 Å². The Balaban J connectivity index is 1.19. The SMILES string of the molecule is Cc1noc(C)c1NC(=O)N1CC(S(=O)(=O)N2CCC(c3cn(C)c4nccnc34)CC2)C1. The molecule has 2 aliphatic heterocycles. The van der Waals surface area contributed by atoms with E-state index in [0.717, 1.165) is 29.6 Å². The van der Waals surface area contributed by atoms with Gasteiger partial charge in [-0.3, -0.25) is 4.98 Å². The number of aryl methyl sites for hydroxylation is 3. The number of rotatable bonds is 4. The molecule has 0 atom stereocenters. The Morgan fingerprint density at radius 2 is 1.85 bits per heavy atom. The van der Waals surface area contributed by atoms with Gasteiger partial charge in [0.1, 0.15) is 22.1 Å². The molecule has 33 heavy (non-hydrogen) atoms. The van der Waals surface area contributed by atoms with Gasteiger partial charge < -0.3 is 19.3 Å². The summed E-state index contributed by atoms with van der Waals surface area (Å²) in [4.78, 5) is 22.9. The number of anilines is 1. The van der Waals surface area contributed by atoms with Crippen LogP contribution >= 0.6 is 0 Å². The zero-order valence-corrected chi connectivity index (χ0v) is 19.7. The second-order valence-corrected chi connectivity index (χ2v) is 11.0. The fourth-order valence-corrected chi connectivity index (χ4v) is 6.57. The van der Waals surface area contributed by atoms with Gasteiger partial charge in [0.25, 0.3) is 0 Å². The van der Waals surface area contributed by atoms with Crippen molar-refractivity contribution < 1.29 is 17.7 Å². The number of hydrogen-bond donors (Lipinski definition) is 1. The van der Waals surface area contributed by atoms with Crippen LogP contribution in [0.5, 0.6) is 0 Å². The number of amides is 2. The number of urea groups is 1. The molecular weight excluding hydrogens is 446 g/mol. The molecule has 5 rings (SSSR count). The highest BCUT2D eigenvalue weighted by Crippen LogP contribution is 2.34. The van der Waals surface area contributed by atoms with Crippen LogP contribution in [0.2, 0.25) is 0 Å². The van der Waals surface area contributed by atoms with Crippen molar-refractivity contribution in [2.24, 2.45) is 7.05 Å². The number of nitrogens with one attached hydrogen (secondary N) is 1. The van der Waals surface area contributed by atoms with E-state index in [1.165, 1.54) is 4.90 Å². The first kappa shape index (κ1) is 21.8. The largest absolute Gasteiger partial charge is 0.359 e. The Morgan fingerprint density at radius 3 is 2.52 bits per heavy atom. The number of hydrogen-bond acceptors (Lipinski definition) is 7. The van der Waals surface area contributed by atoms with E-state index in [9.17, 15) is 13.2 Å².